The number of amides is 1. The summed E-state index contributed by atoms with van der Waals surface area (Å²) in [5.74, 6) is 0.266. The number of nitrogens with zero attached hydrogens (tertiary/aromatic N) is 1. The Morgan fingerprint density at radius 2 is 2.07 bits per heavy atom. The summed E-state index contributed by atoms with van der Waals surface area (Å²) in [5.41, 5.74) is -0.433. The third-order valence-electron chi connectivity index (χ3n) is 3.13. The number of hydrogen-bond acceptors (Lipinski definition) is 3. The van der Waals surface area contributed by atoms with E-state index in [4.69, 9.17) is 4.74 Å². The summed E-state index contributed by atoms with van der Waals surface area (Å²) in [6.07, 6.45) is 1.19. The Morgan fingerprint density at radius 3 is 2.47 bits per heavy atom. The van der Waals surface area contributed by atoms with Crippen molar-refractivity contribution < 1.29 is 14.6 Å². The molecular weight excluding hydrogens is 194 g/mol. The molecule has 4 heteroatoms. The number of carbonyl (C=O) groups excluding carboxylic acids is 1. The van der Waals surface area contributed by atoms with Crippen LogP contribution < -0.4 is 0 Å². The molecule has 1 aliphatic carbocycles. The summed E-state index contributed by atoms with van der Waals surface area (Å²) in [6.45, 7) is 6.26. The van der Waals surface area contributed by atoms with E-state index in [9.17, 15) is 9.90 Å². The van der Waals surface area contributed by atoms with Gasteiger partial charge < -0.3 is 14.7 Å². The Hall–Kier alpha value is -0.770. The van der Waals surface area contributed by atoms with Crippen LogP contribution in [-0.2, 0) is 4.74 Å². The lowest BCUT2D eigenvalue weighted by Crippen LogP contribution is -2.44. The highest BCUT2D eigenvalue weighted by atomic mass is 16.6. The van der Waals surface area contributed by atoms with E-state index < -0.39 is 5.60 Å². The van der Waals surface area contributed by atoms with E-state index in [0.29, 0.717) is 13.0 Å². The van der Waals surface area contributed by atoms with Gasteiger partial charge in [0.05, 0.1) is 6.10 Å². The average Bonchev–Trinajstić information content (AvgIpc) is 2.58. The summed E-state index contributed by atoms with van der Waals surface area (Å²) in [6, 6.07) is 0.194. The number of likely N-dealkylation sites (tertiary alicyclic amines) is 1. The lowest BCUT2D eigenvalue weighted by atomic mass is 10.1. The topological polar surface area (TPSA) is 49.8 Å². The molecule has 15 heavy (non-hydrogen) atoms. The molecule has 0 aromatic carbocycles. The van der Waals surface area contributed by atoms with Gasteiger partial charge in [-0.05, 0) is 33.6 Å². The van der Waals surface area contributed by atoms with Gasteiger partial charge in [0.2, 0.25) is 0 Å². The van der Waals surface area contributed by atoms with E-state index in [1.54, 1.807) is 4.90 Å². The van der Waals surface area contributed by atoms with E-state index in [0.717, 1.165) is 6.42 Å². The van der Waals surface area contributed by atoms with Crippen molar-refractivity contribution in [3.8, 4) is 0 Å². The molecule has 0 aromatic heterocycles. The van der Waals surface area contributed by atoms with Gasteiger partial charge in [-0.15, -0.1) is 0 Å². The zero-order valence-corrected chi connectivity index (χ0v) is 9.56. The number of fused-ring (bicyclic) bond motifs is 2. The molecule has 1 heterocycles. The van der Waals surface area contributed by atoms with Gasteiger partial charge in [0.1, 0.15) is 5.60 Å². The molecule has 1 saturated heterocycles. The number of rotatable bonds is 0. The van der Waals surface area contributed by atoms with Crippen molar-refractivity contribution in [3.05, 3.63) is 0 Å². The number of aliphatic hydroxyl groups is 1. The molecule has 1 aliphatic heterocycles. The summed E-state index contributed by atoms with van der Waals surface area (Å²) in [4.78, 5) is 13.5. The molecule has 1 saturated carbocycles. The molecule has 2 aliphatic rings. The molecule has 0 unspecified atom stereocenters. The van der Waals surface area contributed by atoms with Crippen LogP contribution in [0.5, 0.6) is 0 Å². The van der Waals surface area contributed by atoms with Crippen LogP contribution in [0.4, 0.5) is 4.79 Å². The third kappa shape index (κ3) is 2.09. The Morgan fingerprint density at radius 1 is 1.40 bits per heavy atom. The van der Waals surface area contributed by atoms with Crippen LogP contribution in [0.25, 0.3) is 0 Å². The van der Waals surface area contributed by atoms with Crippen molar-refractivity contribution in [1.82, 2.24) is 4.90 Å². The van der Waals surface area contributed by atoms with Crippen molar-refractivity contribution in [3.63, 3.8) is 0 Å². The van der Waals surface area contributed by atoms with Gasteiger partial charge in [0.15, 0.2) is 0 Å². The van der Waals surface area contributed by atoms with Crippen LogP contribution in [0.1, 0.15) is 33.6 Å². The number of piperidine rings is 1. The number of ether oxygens (including phenoxy) is 1. The maximum atomic E-state index is 11.8. The predicted molar refractivity (Wildman–Crippen MR) is 55.5 cm³/mol. The standard InChI is InChI=1S/C11H19NO3/c1-11(2,3)15-10(14)12-6-7-4-8(12)5-9(7)13/h7-9,13H,4-6H2,1-3H3/t7-,8+,9-/m0/s1. The quantitative estimate of drug-likeness (QED) is 0.661. The second kappa shape index (κ2) is 3.37. The van der Waals surface area contributed by atoms with Crippen molar-refractivity contribution in [2.45, 2.75) is 51.4 Å². The zero-order valence-electron chi connectivity index (χ0n) is 9.56. The fourth-order valence-corrected chi connectivity index (χ4v) is 2.47. The van der Waals surface area contributed by atoms with Crippen molar-refractivity contribution in [1.29, 1.82) is 0 Å². The lowest BCUT2D eigenvalue weighted by molar-refractivity contribution is 0.00788. The number of aliphatic hydroxyl groups excluding tert-OH is 1. The fourth-order valence-electron chi connectivity index (χ4n) is 2.47. The molecule has 0 spiro atoms. The first-order chi connectivity index (χ1) is 6.87. The smallest absolute Gasteiger partial charge is 0.410 e. The van der Waals surface area contributed by atoms with E-state index in [-0.39, 0.29) is 24.2 Å². The van der Waals surface area contributed by atoms with Crippen molar-refractivity contribution >= 4 is 6.09 Å². The van der Waals surface area contributed by atoms with Crippen LogP contribution >= 0.6 is 0 Å². The first kappa shape index (κ1) is 10.7. The summed E-state index contributed by atoms with van der Waals surface area (Å²) >= 11 is 0. The number of carbonyl (C=O) groups is 1. The highest BCUT2D eigenvalue weighted by molar-refractivity contribution is 5.69. The molecule has 2 bridgehead atoms. The normalized spacial score (nSPS) is 34.7. The lowest BCUT2D eigenvalue weighted by Gasteiger charge is -2.31. The van der Waals surface area contributed by atoms with Gasteiger partial charge in [-0.3, -0.25) is 0 Å². The van der Waals surface area contributed by atoms with Crippen molar-refractivity contribution in [2.75, 3.05) is 6.54 Å². The van der Waals surface area contributed by atoms with Crippen LogP contribution in [0.2, 0.25) is 0 Å². The highest BCUT2D eigenvalue weighted by Gasteiger charge is 2.46. The Bertz CT molecular complexity index is 269. The third-order valence-corrected chi connectivity index (χ3v) is 3.13. The van der Waals surface area contributed by atoms with Crippen LogP contribution in [0.15, 0.2) is 0 Å². The van der Waals surface area contributed by atoms with Gasteiger partial charge >= 0.3 is 6.09 Å². The van der Waals surface area contributed by atoms with Crippen LogP contribution in [0, 0.1) is 5.92 Å². The molecule has 1 amide bonds. The second-order valence-corrected chi connectivity index (χ2v) is 5.59. The summed E-state index contributed by atoms with van der Waals surface area (Å²) in [5, 5.41) is 9.57. The molecule has 2 fully saturated rings. The first-order valence-corrected chi connectivity index (χ1v) is 5.54. The van der Waals surface area contributed by atoms with E-state index in [1.165, 1.54) is 0 Å². The van der Waals surface area contributed by atoms with E-state index in [1.807, 2.05) is 20.8 Å². The zero-order chi connectivity index (χ0) is 11.2. The van der Waals surface area contributed by atoms with Gasteiger partial charge in [-0.2, -0.15) is 0 Å². The molecule has 4 nitrogen and oxygen atoms in total. The molecule has 86 valence electrons. The molecule has 0 radical (unpaired) electrons. The molecule has 0 aromatic rings. The fraction of sp³-hybridized carbons (Fsp3) is 0.909. The second-order valence-electron chi connectivity index (χ2n) is 5.59. The van der Waals surface area contributed by atoms with Crippen LogP contribution in [-0.4, -0.2) is 40.4 Å². The minimum absolute atomic E-state index is 0.194. The predicted octanol–water partition coefficient (Wildman–Crippen LogP) is 1.38. The summed E-state index contributed by atoms with van der Waals surface area (Å²) < 4.78 is 5.31. The SMILES string of the molecule is CC(C)(C)OC(=O)N1C[C@@H]2C[C@@H]1C[C@@H]2O. The maximum absolute atomic E-state index is 11.8. The molecule has 2 rings (SSSR count). The maximum Gasteiger partial charge on any atom is 0.410 e. The van der Waals surface area contributed by atoms with Gasteiger partial charge in [-0.25, -0.2) is 4.79 Å². The van der Waals surface area contributed by atoms with Gasteiger partial charge in [0.25, 0.3) is 0 Å². The molecular formula is C11H19NO3. The van der Waals surface area contributed by atoms with Crippen molar-refractivity contribution in [2.24, 2.45) is 5.92 Å². The highest BCUT2D eigenvalue weighted by Crippen LogP contribution is 2.38. The minimum atomic E-state index is -0.433. The van der Waals surface area contributed by atoms with Crippen LogP contribution in [0.3, 0.4) is 0 Å². The van der Waals surface area contributed by atoms with E-state index in [2.05, 4.69) is 0 Å². The Labute approximate surface area is 90.2 Å². The van der Waals surface area contributed by atoms with Gasteiger partial charge in [0, 0.05) is 18.5 Å². The monoisotopic (exact) mass is 213 g/mol. The largest absolute Gasteiger partial charge is 0.444 e. The van der Waals surface area contributed by atoms with Gasteiger partial charge in [-0.1, -0.05) is 0 Å². The Balaban J connectivity index is 1.94. The van der Waals surface area contributed by atoms with E-state index >= 15 is 0 Å². The molecule has 3 atom stereocenters. The summed E-state index contributed by atoms with van der Waals surface area (Å²) in [7, 11) is 0. The Kier molecular flexibility index (Phi) is 2.41. The first-order valence-electron chi connectivity index (χ1n) is 5.54. The molecule has 1 N–H and O–H groups in total. The average molecular weight is 213 g/mol. The number of hydrogen-bond donors (Lipinski definition) is 1. The minimum Gasteiger partial charge on any atom is -0.444 e.